The Morgan fingerprint density at radius 1 is 1.17 bits per heavy atom. The number of carbonyl (C=O) groups is 1. The van der Waals surface area contributed by atoms with Crippen LogP contribution in [0, 0.1) is 5.92 Å². The van der Waals surface area contributed by atoms with Crippen LogP contribution >= 0.6 is 11.8 Å². The van der Waals surface area contributed by atoms with Crippen molar-refractivity contribution in [1.29, 1.82) is 0 Å². The number of fused-ring (bicyclic) bond motifs is 1. The van der Waals surface area contributed by atoms with E-state index in [1.165, 1.54) is 22.3 Å². The Morgan fingerprint density at radius 2 is 1.85 bits per heavy atom. The van der Waals surface area contributed by atoms with Gasteiger partial charge in [-0.3, -0.25) is 5.32 Å². The molecular weight excluding hydrogens is 536 g/mol. The van der Waals surface area contributed by atoms with E-state index in [9.17, 15) is 4.79 Å². The quantitative estimate of drug-likeness (QED) is 0.284. The highest BCUT2D eigenvalue weighted by Crippen LogP contribution is 2.42. The maximum Gasteiger partial charge on any atom is 0.412 e. The summed E-state index contributed by atoms with van der Waals surface area (Å²) in [7, 11) is 0. The van der Waals surface area contributed by atoms with Crippen molar-refractivity contribution in [3.8, 4) is 0 Å². The van der Waals surface area contributed by atoms with Crippen molar-refractivity contribution < 1.29 is 19.0 Å². The van der Waals surface area contributed by atoms with Crippen LogP contribution in [0.25, 0.3) is 0 Å². The van der Waals surface area contributed by atoms with Crippen LogP contribution in [0.3, 0.4) is 0 Å². The van der Waals surface area contributed by atoms with Crippen LogP contribution in [0.1, 0.15) is 76.8 Å². The molecule has 0 aliphatic carbocycles. The number of benzene rings is 1. The molecule has 1 aromatic carbocycles. The molecular formula is C32H46N4O4S. The van der Waals surface area contributed by atoms with E-state index in [0.717, 1.165) is 54.8 Å². The summed E-state index contributed by atoms with van der Waals surface area (Å²) in [6, 6.07) is 8.39. The monoisotopic (exact) mass is 582 g/mol. The Kier molecular flexibility index (Phi) is 9.19. The van der Waals surface area contributed by atoms with Crippen LogP contribution in [0.5, 0.6) is 0 Å². The second-order valence-corrected chi connectivity index (χ2v) is 14.0. The van der Waals surface area contributed by atoms with Gasteiger partial charge in [0.2, 0.25) is 0 Å². The van der Waals surface area contributed by atoms with Gasteiger partial charge in [-0.2, -0.15) is 0 Å². The first kappa shape index (κ1) is 30.1. The molecule has 2 aromatic rings. The van der Waals surface area contributed by atoms with Gasteiger partial charge in [0, 0.05) is 48.2 Å². The van der Waals surface area contributed by atoms with Crippen molar-refractivity contribution in [3.05, 3.63) is 46.5 Å². The number of anilines is 2. The minimum atomic E-state index is -0.526. The third kappa shape index (κ3) is 7.74. The number of nitrogens with one attached hydrogen (secondary N) is 2. The normalized spacial score (nSPS) is 24.2. The fourth-order valence-corrected chi connectivity index (χ4v) is 6.80. The summed E-state index contributed by atoms with van der Waals surface area (Å²) >= 11 is 1.85. The Labute approximate surface area is 249 Å². The summed E-state index contributed by atoms with van der Waals surface area (Å²) in [6.45, 7) is 17.7. The first-order chi connectivity index (χ1) is 19.5. The van der Waals surface area contributed by atoms with E-state index in [1.54, 1.807) is 0 Å². The van der Waals surface area contributed by atoms with Crippen LogP contribution in [0.15, 0.2) is 29.3 Å². The maximum atomic E-state index is 12.1. The number of aromatic nitrogens is 1. The molecule has 4 atom stereocenters. The third-order valence-corrected chi connectivity index (χ3v) is 8.69. The molecule has 2 N–H and O–H groups in total. The zero-order chi connectivity index (χ0) is 29.3. The van der Waals surface area contributed by atoms with Gasteiger partial charge in [-0.1, -0.05) is 26.0 Å². The molecule has 0 radical (unpaired) electrons. The zero-order valence-electron chi connectivity index (χ0n) is 25.6. The topological polar surface area (TPSA) is 94.9 Å². The standard InChI is InChI=1S/C32H46N4O4S/c1-19(2)27-14-24-25(18-38-27)29(36-16-20(3)39-21(4)17-36)35-30(28(24)26-15-33-26)41-13-12-22-8-10-23(11-9-22)34-31(37)40-32(5,6)7/h8-11,19-21,26-27,33H,12-18H2,1-7H3,(H,34,37). The van der Waals surface area contributed by atoms with E-state index in [4.69, 9.17) is 19.2 Å². The Bertz CT molecular complexity index is 1220. The van der Waals surface area contributed by atoms with Gasteiger partial charge in [-0.15, -0.1) is 11.8 Å². The second kappa shape index (κ2) is 12.5. The molecule has 5 rings (SSSR count). The van der Waals surface area contributed by atoms with E-state index in [0.29, 0.717) is 18.6 Å². The van der Waals surface area contributed by atoms with E-state index in [-0.39, 0.29) is 18.3 Å². The first-order valence-corrected chi connectivity index (χ1v) is 16.0. The van der Waals surface area contributed by atoms with Gasteiger partial charge in [0.25, 0.3) is 0 Å². The molecule has 2 saturated heterocycles. The third-order valence-electron chi connectivity index (χ3n) is 7.69. The minimum absolute atomic E-state index is 0.165. The molecule has 1 aromatic heterocycles. The number of morpholine rings is 1. The summed E-state index contributed by atoms with van der Waals surface area (Å²) in [5, 5.41) is 7.53. The number of amides is 1. The van der Waals surface area contributed by atoms with Crippen LogP contribution in [-0.2, 0) is 33.7 Å². The molecule has 1 amide bonds. The molecule has 224 valence electrons. The van der Waals surface area contributed by atoms with Crippen molar-refractivity contribution in [2.24, 2.45) is 5.92 Å². The Balaban J connectivity index is 1.34. The van der Waals surface area contributed by atoms with Crippen LogP contribution in [0.4, 0.5) is 16.3 Å². The van der Waals surface area contributed by atoms with E-state index < -0.39 is 11.7 Å². The van der Waals surface area contributed by atoms with Gasteiger partial charge in [0.15, 0.2) is 0 Å². The second-order valence-electron chi connectivity index (χ2n) is 13.0. The van der Waals surface area contributed by atoms with Gasteiger partial charge >= 0.3 is 6.09 Å². The smallest absolute Gasteiger partial charge is 0.412 e. The molecule has 2 fully saturated rings. The lowest BCUT2D eigenvalue weighted by Gasteiger charge is -2.39. The van der Waals surface area contributed by atoms with Crippen molar-refractivity contribution in [2.45, 2.75) is 103 Å². The predicted molar refractivity (Wildman–Crippen MR) is 165 cm³/mol. The largest absolute Gasteiger partial charge is 0.444 e. The molecule has 8 nitrogen and oxygen atoms in total. The average molecular weight is 583 g/mol. The van der Waals surface area contributed by atoms with Gasteiger partial charge < -0.3 is 24.4 Å². The number of carbonyl (C=O) groups excluding carboxylic acids is 1. The van der Waals surface area contributed by atoms with Gasteiger partial charge in [-0.25, -0.2) is 9.78 Å². The zero-order valence-corrected chi connectivity index (χ0v) is 26.4. The number of hydrogen-bond donors (Lipinski definition) is 2. The fourth-order valence-electron chi connectivity index (χ4n) is 5.70. The lowest BCUT2D eigenvalue weighted by atomic mass is 9.89. The minimum Gasteiger partial charge on any atom is -0.444 e. The van der Waals surface area contributed by atoms with Crippen molar-refractivity contribution in [1.82, 2.24) is 10.3 Å². The summed E-state index contributed by atoms with van der Waals surface area (Å²) in [6.07, 6.45) is 1.96. The summed E-state index contributed by atoms with van der Waals surface area (Å²) in [4.78, 5) is 19.9. The van der Waals surface area contributed by atoms with Gasteiger partial charge in [-0.05, 0) is 76.6 Å². The van der Waals surface area contributed by atoms with Crippen LogP contribution in [0.2, 0.25) is 0 Å². The molecule has 41 heavy (non-hydrogen) atoms. The number of nitrogens with zero attached hydrogens (tertiary/aromatic N) is 2. The highest BCUT2D eigenvalue weighted by molar-refractivity contribution is 7.99. The molecule has 0 spiro atoms. The molecule has 9 heteroatoms. The number of pyridine rings is 1. The van der Waals surface area contributed by atoms with Crippen molar-refractivity contribution in [3.63, 3.8) is 0 Å². The van der Waals surface area contributed by atoms with E-state index in [1.807, 2.05) is 44.7 Å². The van der Waals surface area contributed by atoms with Gasteiger partial charge in [0.05, 0.1) is 24.9 Å². The number of rotatable bonds is 8. The van der Waals surface area contributed by atoms with E-state index >= 15 is 0 Å². The molecule has 3 aliphatic heterocycles. The Morgan fingerprint density at radius 3 is 2.46 bits per heavy atom. The summed E-state index contributed by atoms with van der Waals surface area (Å²) < 4.78 is 17.8. The number of hydrogen-bond acceptors (Lipinski definition) is 8. The van der Waals surface area contributed by atoms with Crippen molar-refractivity contribution in [2.75, 3.05) is 35.6 Å². The Hall–Kier alpha value is -2.33. The van der Waals surface area contributed by atoms with Gasteiger partial charge in [0.1, 0.15) is 16.4 Å². The van der Waals surface area contributed by atoms with E-state index in [2.05, 4.69) is 55.4 Å². The summed E-state index contributed by atoms with van der Waals surface area (Å²) in [5.74, 6) is 2.46. The highest BCUT2D eigenvalue weighted by atomic mass is 32.2. The average Bonchev–Trinajstić information content (AvgIpc) is 3.72. The fraction of sp³-hybridized carbons (Fsp3) is 0.625. The molecule has 3 aliphatic rings. The highest BCUT2D eigenvalue weighted by Gasteiger charge is 2.37. The molecule has 0 bridgehead atoms. The first-order valence-electron chi connectivity index (χ1n) is 15.0. The number of thioether (sulfide) groups is 1. The molecule has 0 saturated carbocycles. The van der Waals surface area contributed by atoms with Crippen molar-refractivity contribution >= 4 is 29.4 Å². The predicted octanol–water partition coefficient (Wildman–Crippen LogP) is 6.12. The molecule has 4 unspecified atom stereocenters. The maximum absolute atomic E-state index is 12.1. The molecule has 4 heterocycles. The number of ether oxygens (including phenoxy) is 3. The lowest BCUT2D eigenvalue weighted by Crippen LogP contribution is -2.46. The van der Waals surface area contributed by atoms with Crippen LogP contribution in [-0.4, -0.2) is 60.4 Å². The number of aryl methyl sites for hydroxylation is 1. The SMILES string of the molecule is CC1CN(c2nc(SCCc3ccc(NC(=O)OC(C)(C)C)cc3)c(C3CN3)c3c2COC(C(C)C)C3)CC(C)O1. The lowest BCUT2D eigenvalue weighted by molar-refractivity contribution is -0.00827. The summed E-state index contributed by atoms with van der Waals surface area (Å²) in [5.41, 5.74) is 5.53. The van der Waals surface area contributed by atoms with Crippen LogP contribution < -0.4 is 15.5 Å².